The molecule has 156 valence electrons. The van der Waals surface area contributed by atoms with Crippen LogP contribution in [0.25, 0.3) is 10.2 Å². The molecule has 2 aromatic carbocycles. The van der Waals surface area contributed by atoms with Gasteiger partial charge < -0.3 is 15.0 Å². The Morgan fingerprint density at radius 1 is 1.20 bits per heavy atom. The minimum absolute atomic E-state index is 0.00138. The lowest BCUT2D eigenvalue weighted by atomic mass is 9.98. The smallest absolute Gasteiger partial charge is 0.251 e. The van der Waals surface area contributed by atoms with Crippen molar-refractivity contribution in [3.8, 4) is 5.75 Å². The minimum Gasteiger partial charge on any atom is -0.494 e. The maximum absolute atomic E-state index is 12.7. The molecule has 0 saturated carbocycles. The molecule has 1 N–H and O–H groups in total. The van der Waals surface area contributed by atoms with Crippen LogP contribution in [0.4, 0.5) is 0 Å². The lowest BCUT2D eigenvalue weighted by Crippen LogP contribution is -2.44. The van der Waals surface area contributed by atoms with E-state index < -0.39 is 0 Å². The van der Waals surface area contributed by atoms with Gasteiger partial charge in [-0.2, -0.15) is 0 Å². The van der Waals surface area contributed by atoms with E-state index in [4.69, 9.17) is 9.72 Å². The predicted octanol–water partition coefficient (Wildman–Crippen LogP) is 3.83. The minimum atomic E-state index is -0.258. The first-order valence-electron chi connectivity index (χ1n) is 10.3. The summed E-state index contributed by atoms with van der Waals surface area (Å²) in [6, 6.07) is 15.0. The number of thiazole rings is 1. The van der Waals surface area contributed by atoms with Crippen molar-refractivity contribution in [3.05, 3.63) is 59.1 Å². The van der Waals surface area contributed by atoms with E-state index in [1.165, 1.54) is 4.70 Å². The van der Waals surface area contributed by atoms with Crippen molar-refractivity contribution in [2.45, 2.75) is 25.7 Å². The fourth-order valence-electron chi connectivity index (χ4n) is 3.71. The summed E-state index contributed by atoms with van der Waals surface area (Å²) in [6.45, 7) is 3.86. The topological polar surface area (TPSA) is 71.5 Å². The normalized spacial score (nSPS) is 16.4. The van der Waals surface area contributed by atoms with E-state index in [2.05, 4.69) is 11.4 Å². The van der Waals surface area contributed by atoms with Crippen molar-refractivity contribution < 1.29 is 14.3 Å². The number of aromatic nitrogens is 1. The van der Waals surface area contributed by atoms with Gasteiger partial charge in [0, 0.05) is 24.6 Å². The number of para-hydroxylation sites is 1. The van der Waals surface area contributed by atoms with E-state index in [1.54, 1.807) is 35.6 Å². The van der Waals surface area contributed by atoms with E-state index in [0.29, 0.717) is 18.7 Å². The maximum Gasteiger partial charge on any atom is 0.251 e. The summed E-state index contributed by atoms with van der Waals surface area (Å²) in [5.41, 5.74) is 1.53. The molecule has 0 bridgehead atoms. The molecular weight excluding hydrogens is 398 g/mol. The summed E-state index contributed by atoms with van der Waals surface area (Å²) in [5.74, 6) is 0.660. The van der Waals surface area contributed by atoms with Crippen molar-refractivity contribution >= 4 is 33.4 Å². The number of hydrogen-bond donors (Lipinski definition) is 1. The van der Waals surface area contributed by atoms with Crippen LogP contribution in [0.3, 0.4) is 0 Å². The molecule has 0 aliphatic carbocycles. The van der Waals surface area contributed by atoms with E-state index in [-0.39, 0.29) is 24.3 Å². The molecule has 1 aliphatic heterocycles. The molecule has 1 atom stereocenters. The van der Waals surface area contributed by atoms with E-state index in [9.17, 15) is 9.59 Å². The lowest BCUT2D eigenvalue weighted by molar-refractivity contribution is -0.131. The number of nitrogens with zero attached hydrogens (tertiary/aromatic N) is 2. The van der Waals surface area contributed by atoms with Crippen molar-refractivity contribution in [1.29, 1.82) is 0 Å². The van der Waals surface area contributed by atoms with Gasteiger partial charge in [-0.1, -0.05) is 12.1 Å². The van der Waals surface area contributed by atoms with Gasteiger partial charge in [-0.15, -0.1) is 11.3 Å². The average Bonchev–Trinajstić information content (AvgIpc) is 3.22. The number of ether oxygens (including phenoxy) is 1. The molecule has 2 amide bonds. The highest BCUT2D eigenvalue weighted by Gasteiger charge is 2.27. The summed E-state index contributed by atoms with van der Waals surface area (Å²) >= 11 is 1.71. The SMILES string of the molecule is CCOc1ccc(C(=O)NCC(=O)N2CCC[C@H](c3nc4ccccc4s3)C2)cc1. The number of amides is 2. The summed E-state index contributed by atoms with van der Waals surface area (Å²) in [4.78, 5) is 31.7. The molecule has 4 rings (SSSR count). The summed E-state index contributed by atoms with van der Waals surface area (Å²) in [6.07, 6.45) is 1.97. The number of hydrogen-bond acceptors (Lipinski definition) is 5. The van der Waals surface area contributed by atoms with Gasteiger partial charge in [0.2, 0.25) is 5.91 Å². The third-order valence-electron chi connectivity index (χ3n) is 5.26. The Morgan fingerprint density at radius 3 is 2.77 bits per heavy atom. The number of rotatable bonds is 6. The largest absolute Gasteiger partial charge is 0.494 e. The first-order valence-corrected chi connectivity index (χ1v) is 11.1. The molecule has 1 saturated heterocycles. The number of likely N-dealkylation sites (tertiary alicyclic amines) is 1. The molecule has 2 heterocycles. The van der Waals surface area contributed by atoms with E-state index in [0.717, 1.165) is 35.7 Å². The third kappa shape index (κ3) is 4.62. The van der Waals surface area contributed by atoms with Gasteiger partial charge in [-0.05, 0) is 56.2 Å². The second-order valence-corrected chi connectivity index (χ2v) is 8.40. The highest BCUT2D eigenvalue weighted by atomic mass is 32.1. The van der Waals surface area contributed by atoms with Crippen molar-refractivity contribution in [1.82, 2.24) is 15.2 Å². The Balaban J connectivity index is 1.33. The fourth-order valence-corrected chi connectivity index (χ4v) is 4.80. The lowest BCUT2D eigenvalue weighted by Gasteiger charge is -2.32. The standard InChI is InChI=1S/C23H25N3O3S/c1-2-29-18-11-9-16(10-12-18)22(28)24-14-21(27)26-13-5-6-17(15-26)23-25-19-7-3-4-8-20(19)30-23/h3-4,7-12,17H,2,5-6,13-15H2,1H3,(H,24,28)/t17-/m0/s1. The molecule has 7 heteroatoms. The Kier molecular flexibility index (Phi) is 6.28. The molecule has 30 heavy (non-hydrogen) atoms. The number of nitrogens with one attached hydrogen (secondary N) is 1. The average molecular weight is 424 g/mol. The molecule has 1 aliphatic rings. The number of carbonyl (C=O) groups is 2. The maximum atomic E-state index is 12.7. The zero-order chi connectivity index (χ0) is 20.9. The monoisotopic (exact) mass is 423 g/mol. The van der Waals surface area contributed by atoms with Crippen LogP contribution in [0, 0.1) is 0 Å². The first-order chi connectivity index (χ1) is 14.6. The second-order valence-electron chi connectivity index (χ2n) is 7.34. The van der Waals surface area contributed by atoms with Gasteiger partial charge in [0.1, 0.15) is 5.75 Å². The molecular formula is C23H25N3O3S. The van der Waals surface area contributed by atoms with Crippen molar-refractivity contribution in [2.75, 3.05) is 26.2 Å². The molecule has 1 fully saturated rings. The third-order valence-corrected chi connectivity index (χ3v) is 6.46. The van der Waals surface area contributed by atoms with Gasteiger partial charge >= 0.3 is 0 Å². The quantitative estimate of drug-likeness (QED) is 0.654. The number of fused-ring (bicyclic) bond motifs is 1. The number of piperidine rings is 1. The van der Waals surface area contributed by atoms with Crippen LogP contribution in [-0.2, 0) is 4.79 Å². The summed E-state index contributed by atoms with van der Waals surface area (Å²) in [7, 11) is 0. The van der Waals surface area contributed by atoms with Crippen LogP contribution in [0.1, 0.15) is 41.0 Å². The van der Waals surface area contributed by atoms with Crippen LogP contribution in [0.2, 0.25) is 0 Å². The second kappa shape index (κ2) is 9.26. The molecule has 0 unspecified atom stereocenters. The van der Waals surface area contributed by atoms with Crippen LogP contribution >= 0.6 is 11.3 Å². The molecule has 6 nitrogen and oxygen atoms in total. The predicted molar refractivity (Wildman–Crippen MR) is 118 cm³/mol. The van der Waals surface area contributed by atoms with Gasteiger partial charge in [0.15, 0.2) is 0 Å². The van der Waals surface area contributed by atoms with Crippen molar-refractivity contribution in [2.24, 2.45) is 0 Å². The van der Waals surface area contributed by atoms with Gasteiger partial charge in [-0.25, -0.2) is 4.98 Å². The Bertz CT molecular complexity index is 999. The Hall–Kier alpha value is -2.93. The highest BCUT2D eigenvalue weighted by Crippen LogP contribution is 2.32. The van der Waals surface area contributed by atoms with Gasteiger partial charge in [0.05, 0.1) is 28.4 Å². The van der Waals surface area contributed by atoms with Crippen LogP contribution in [-0.4, -0.2) is 47.9 Å². The molecule has 3 aromatic rings. The number of carbonyl (C=O) groups excluding carboxylic acids is 2. The Morgan fingerprint density at radius 2 is 2.00 bits per heavy atom. The Labute approximate surface area is 179 Å². The van der Waals surface area contributed by atoms with E-state index >= 15 is 0 Å². The zero-order valence-electron chi connectivity index (χ0n) is 17.0. The van der Waals surface area contributed by atoms with Crippen LogP contribution in [0.5, 0.6) is 5.75 Å². The highest BCUT2D eigenvalue weighted by molar-refractivity contribution is 7.18. The van der Waals surface area contributed by atoms with Crippen LogP contribution in [0.15, 0.2) is 48.5 Å². The van der Waals surface area contributed by atoms with Crippen molar-refractivity contribution in [3.63, 3.8) is 0 Å². The fraction of sp³-hybridized carbons (Fsp3) is 0.348. The molecule has 0 radical (unpaired) electrons. The molecule has 1 aromatic heterocycles. The first kappa shape index (κ1) is 20.3. The summed E-state index contributed by atoms with van der Waals surface area (Å²) < 4.78 is 6.57. The van der Waals surface area contributed by atoms with E-state index in [1.807, 2.05) is 30.0 Å². The van der Waals surface area contributed by atoms with Gasteiger partial charge in [0.25, 0.3) is 5.91 Å². The summed E-state index contributed by atoms with van der Waals surface area (Å²) in [5, 5.41) is 3.83. The van der Waals surface area contributed by atoms with Gasteiger partial charge in [-0.3, -0.25) is 9.59 Å². The molecule has 0 spiro atoms. The number of benzene rings is 2. The zero-order valence-corrected chi connectivity index (χ0v) is 17.8. The van der Waals surface area contributed by atoms with Crippen LogP contribution < -0.4 is 10.1 Å².